The molecule has 1 aliphatic heterocycles. The fourth-order valence-electron chi connectivity index (χ4n) is 4.17. The van der Waals surface area contributed by atoms with Crippen LogP contribution in [0, 0.1) is 0 Å². The molecule has 2 N–H and O–H groups in total. The molecule has 2 heterocycles. The van der Waals surface area contributed by atoms with Gasteiger partial charge in [0.25, 0.3) is 5.56 Å². The molecule has 0 bridgehead atoms. The number of fused-ring (bicyclic) bond motifs is 1. The Labute approximate surface area is 224 Å². The first kappa shape index (κ1) is 26.6. The number of aromatic amines is 1. The average molecular weight is 542 g/mol. The number of carbonyl (C=O) groups is 1. The second kappa shape index (κ2) is 11.3. The van der Waals surface area contributed by atoms with E-state index in [0.717, 1.165) is 5.56 Å². The number of nitrogens with zero attached hydrogens (tertiary/aromatic N) is 1. The fraction of sp³-hybridized carbons (Fsp3) is 0.296. The lowest BCUT2D eigenvalue weighted by Crippen LogP contribution is -2.31. The highest BCUT2D eigenvalue weighted by Gasteiger charge is 2.37. The van der Waals surface area contributed by atoms with Crippen molar-refractivity contribution in [2.24, 2.45) is 0 Å². The smallest absolute Gasteiger partial charge is 0.337 e. The molecule has 0 saturated carbocycles. The van der Waals surface area contributed by atoms with Crippen LogP contribution in [-0.4, -0.2) is 36.3 Å². The van der Waals surface area contributed by atoms with Gasteiger partial charge in [0, 0.05) is 16.5 Å². The van der Waals surface area contributed by atoms with Crippen LogP contribution in [0.4, 0.5) is 5.82 Å². The number of rotatable bonds is 8. The normalized spacial score (nSPS) is 14.7. The molecule has 37 heavy (non-hydrogen) atoms. The molecule has 1 aliphatic rings. The van der Waals surface area contributed by atoms with Crippen LogP contribution in [0.1, 0.15) is 43.4 Å². The first-order valence-electron chi connectivity index (χ1n) is 11.6. The first-order chi connectivity index (χ1) is 17.7. The Balaban J connectivity index is 1.80. The molecule has 0 spiro atoms. The van der Waals surface area contributed by atoms with Crippen molar-refractivity contribution in [3.05, 3.63) is 85.8 Å². The predicted molar refractivity (Wildman–Crippen MR) is 145 cm³/mol. The Morgan fingerprint density at radius 3 is 2.54 bits per heavy atom. The Kier molecular flexibility index (Phi) is 8.14. The molecule has 0 fully saturated rings. The molecule has 0 amide bonds. The van der Waals surface area contributed by atoms with E-state index in [1.807, 2.05) is 24.3 Å². The summed E-state index contributed by atoms with van der Waals surface area (Å²) >= 11 is 7.65. The van der Waals surface area contributed by atoms with Crippen LogP contribution in [0.2, 0.25) is 5.02 Å². The predicted octanol–water partition coefficient (Wildman–Crippen LogP) is 5.52. The van der Waals surface area contributed by atoms with E-state index in [2.05, 4.69) is 15.3 Å². The van der Waals surface area contributed by atoms with E-state index in [-0.39, 0.29) is 11.7 Å². The summed E-state index contributed by atoms with van der Waals surface area (Å²) in [6, 6.07) is 12.8. The highest BCUT2D eigenvalue weighted by molar-refractivity contribution is 7.98. The Hall–Kier alpha value is -3.43. The number of halogens is 1. The zero-order valence-electron chi connectivity index (χ0n) is 21.2. The molecule has 1 aromatic heterocycles. The molecule has 1 unspecified atom stereocenters. The maximum absolute atomic E-state index is 13.5. The zero-order valence-corrected chi connectivity index (χ0v) is 22.8. The van der Waals surface area contributed by atoms with Gasteiger partial charge in [0.15, 0.2) is 16.7 Å². The van der Waals surface area contributed by atoms with Crippen molar-refractivity contribution in [3.63, 3.8) is 0 Å². The SMILES string of the molecule is COc1ccc(C2C(C(=O)OC(C)C)=C(C)Nc3nc(SCc4ccccc4Cl)[nH]c(=O)c32)cc1OC. The topological polar surface area (TPSA) is 103 Å². The summed E-state index contributed by atoms with van der Waals surface area (Å²) in [4.78, 5) is 34.3. The molecule has 4 rings (SSSR count). The minimum absolute atomic E-state index is 0.315. The highest BCUT2D eigenvalue weighted by Crippen LogP contribution is 2.42. The monoisotopic (exact) mass is 541 g/mol. The second-order valence-electron chi connectivity index (χ2n) is 8.68. The molecule has 1 atom stereocenters. The molecule has 10 heteroatoms. The molecule has 2 aromatic carbocycles. The van der Waals surface area contributed by atoms with Crippen LogP contribution in [0.25, 0.3) is 0 Å². The van der Waals surface area contributed by atoms with Gasteiger partial charge in [-0.2, -0.15) is 0 Å². The van der Waals surface area contributed by atoms with Gasteiger partial charge in [-0.1, -0.05) is 47.6 Å². The Morgan fingerprint density at radius 2 is 1.86 bits per heavy atom. The molecule has 194 valence electrons. The third kappa shape index (κ3) is 5.62. The average Bonchev–Trinajstić information content (AvgIpc) is 2.86. The molecular weight excluding hydrogens is 514 g/mol. The lowest BCUT2D eigenvalue weighted by Gasteiger charge is -2.29. The van der Waals surface area contributed by atoms with E-state index in [0.29, 0.717) is 55.6 Å². The first-order valence-corrected chi connectivity index (χ1v) is 13.0. The molecular formula is C27H28ClN3O5S. The fourth-order valence-corrected chi connectivity index (χ4v) is 5.32. The van der Waals surface area contributed by atoms with E-state index in [4.69, 9.17) is 25.8 Å². The number of nitrogens with one attached hydrogen (secondary N) is 2. The van der Waals surface area contributed by atoms with Gasteiger partial charge in [-0.25, -0.2) is 9.78 Å². The Bertz CT molecular complexity index is 1420. The lowest BCUT2D eigenvalue weighted by atomic mass is 9.82. The number of hydrogen-bond donors (Lipinski definition) is 2. The summed E-state index contributed by atoms with van der Waals surface area (Å²) in [7, 11) is 3.08. The number of anilines is 1. The summed E-state index contributed by atoms with van der Waals surface area (Å²) in [6.45, 7) is 5.33. The Morgan fingerprint density at radius 1 is 1.14 bits per heavy atom. The number of benzene rings is 2. The summed E-state index contributed by atoms with van der Waals surface area (Å²) < 4.78 is 16.4. The van der Waals surface area contributed by atoms with Gasteiger partial charge in [-0.3, -0.25) is 4.79 Å². The van der Waals surface area contributed by atoms with Crippen LogP contribution in [0.3, 0.4) is 0 Å². The number of esters is 1. The molecule has 0 saturated heterocycles. The van der Waals surface area contributed by atoms with Crippen LogP contribution >= 0.6 is 23.4 Å². The van der Waals surface area contributed by atoms with Crippen molar-refractivity contribution in [3.8, 4) is 11.5 Å². The van der Waals surface area contributed by atoms with E-state index in [1.54, 1.807) is 46.1 Å². The number of H-pyrrole nitrogens is 1. The lowest BCUT2D eigenvalue weighted by molar-refractivity contribution is -0.143. The quantitative estimate of drug-likeness (QED) is 0.218. The van der Waals surface area contributed by atoms with Gasteiger partial charge in [0.1, 0.15) is 5.82 Å². The molecule has 3 aromatic rings. The van der Waals surface area contributed by atoms with Crippen LogP contribution < -0.4 is 20.3 Å². The maximum Gasteiger partial charge on any atom is 0.337 e. The summed E-state index contributed by atoms with van der Waals surface area (Å²) in [5.74, 6) is 0.671. The van der Waals surface area contributed by atoms with Gasteiger partial charge in [-0.05, 0) is 50.1 Å². The maximum atomic E-state index is 13.5. The minimum Gasteiger partial charge on any atom is -0.493 e. The van der Waals surface area contributed by atoms with Gasteiger partial charge in [0.05, 0.1) is 37.4 Å². The number of aromatic nitrogens is 2. The van der Waals surface area contributed by atoms with Crippen molar-refractivity contribution in [1.29, 1.82) is 0 Å². The van der Waals surface area contributed by atoms with Crippen molar-refractivity contribution in [2.45, 2.75) is 43.7 Å². The largest absolute Gasteiger partial charge is 0.493 e. The number of carbonyl (C=O) groups excluding carboxylic acids is 1. The number of ether oxygens (including phenoxy) is 3. The number of thioether (sulfide) groups is 1. The summed E-state index contributed by atoms with van der Waals surface area (Å²) in [6.07, 6.45) is -0.333. The minimum atomic E-state index is -0.735. The second-order valence-corrected chi connectivity index (χ2v) is 10.0. The van der Waals surface area contributed by atoms with Crippen molar-refractivity contribution >= 4 is 35.1 Å². The summed E-state index contributed by atoms with van der Waals surface area (Å²) in [5, 5.41) is 4.24. The highest BCUT2D eigenvalue weighted by atomic mass is 35.5. The van der Waals surface area contributed by atoms with Gasteiger partial charge in [-0.15, -0.1) is 0 Å². The standard InChI is InChI=1S/C27H28ClN3O5S/c1-14(2)36-26(33)21-15(3)29-24-23(22(21)16-10-11-19(34-4)20(12-16)35-5)25(32)31-27(30-24)37-13-17-8-6-7-9-18(17)28/h6-12,14,22H,13H2,1-5H3,(H2,29,30,31,32). The third-order valence-electron chi connectivity index (χ3n) is 5.85. The zero-order chi connectivity index (χ0) is 26.7. The van der Waals surface area contributed by atoms with Crippen molar-refractivity contribution < 1.29 is 19.0 Å². The van der Waals surface area contributed by atoms with E-state index < -0.39 is 11.9 Å². The number of methoxy groups -OCH3 is 2. The van der Waals surface area contributed by atoms with Crippen molar-refractivity contribution in [1.82, 2.24) is 9.97 Å². The molecule has 0 radical (unpaired) electrons. The van der Waals surface area contributed by atoms with Gasteiger partial charge < -0.3 is 24.5 Å². The van der Waals surface area contributed by atoms with Crippen LogP contribution in [0.15, 0.2) is 63.7 Å². The molecule has 0 aliphatic carbocycles. The number of allylic oxidation sites excluding steroid dienone is 1. The van der Waals surface area contributed by atoms with Gasteiger partial charge >= 0.3 is 5.97 Å². The van der Waals surface area contributed by atoms with Crippen LogP contribution in [-0.2, 0) is 15.3 Å². The number of hydrogen-bond acceptors (Lipinski definition) is 8. The van der Waals surface area contributed by atoms with Crippen molar-refractivity contribution in [2.75, 3.05) is 19.5 Å². The van der Waals surface area contributed by atoms with Crippen LogP contribution in [0.5, 0.6) is 11.5 Å². The van der Waals surface area contributed by atoms with Gasteiger partial charge in [0.2, 0.25) is 0 Å². The third-order valence-corrected chi connectivity index (χ3v) is 7.14. The van der Waals surface area contributed by atoms with E-state index >= 15 is 0 Å². The molecule has 8 nitrogen and oxygen atoms in total. The van der Waals surface area contributed by atoms with E-state index in [1.165, 1.54) is 18.9 Å². The summed E-state index contributed by atoms with van der Waals surface area (Å²) in [5.41, 5.74) is 2.44. The van der Waals surface area contributed by atoms with E-state index in [9.17, 15) is 9.59 Å².